The zero-order valence-corrected chi connectivity index (χ0v) is 26.7. The van der Waals surface area contributed by atoms with Gasteiger partial charge in [-0.2, -0.15) is 0 Å². The molecule has 0 bridgehead atoms. The Balaban J connectivity index is 1.000. The van der Waals surface area contributed by atoms with Gasteiger partial charge in [-0.3, -0.25) is 0 Å². The van der Waals surface area contributed by atoms with E-state index in [0.717, 1.165) is 82.8 Å². The van der Waals surface area contributed by atoms with Crippen LogP contribution in [0, 0.1) is 0 Å². The fourth-order valence-electron chi connectivity index (χ4n) is 6.79. The Kier molecular flexibility index (Phi) is 6.42. The molecule has 0 radical (unpaired) electrons. The predicted octanol–water partition coefficient (Wildman–Crippen LogP) is 12.0. The summed E-state index contributed by atoms with van der Waals surface area (Å²) in [6.07, 6.45) is 0. The van der Waals surface area contributed by atoms with Crippen LogP contribution in [0.25, 0.3) is 100 Å². The first kappa shape index (κ1) is 28.2. The van der Waals surface area contributed by atoms with Gasteiger partial charge in [0.15, 0.2) is 17.5 Å². The van der Waals surface area contributed by atoms with Crippen molar-refractivity contribution >= 4 is 43.9 Å². The third-order valence-electron chi connectivity index (χ3n) is 9.36. The third-order valence-corrected chi connectivity index (χ3v) is 9.36. The van der Waals surface area contributed by atoms with Crippen molar-refractivity contribution in [1.82, 2.24) is 15.0 Å². The monoisotopic (exact) mass is 641 g/mol. The maximum absolute atomic E-state index is 6.39. The molecule has 50 heavy (non-hydrogen) atoms. The smallest absolute Gasteiger partial charge is 0.164 e. The second kappa shape index (κ2) is 11.4. The summed E-state index contributed by atoms with van der Waals surface area (Å²) in [7, 11) is 0. The fourth-order valence-corrected chi connectivity index (χ4v) is 6.79. The molecular formula is C45H27N3O2. The van der Waals surface area contributed by atoms with E-state index in [4.69, 9.17) is 23.8 Å². The lowest BCUT2D eigenvalue weighted by atomic mass is 9.98. The maximum atomic E-state index is 6.39. The van der Waals surface area contributed by atoms with Gasteiger partial charge in [-0.1, -0.05) is 121 Å². The summed E-state index contributed by atoms with van der Waals surface area (Å²) in [5, 5.41) is 4.38. The number of fused-ring (bicyclic) bond motifs is 6. The molecule has 0 aliphatic rings. The summed E-state index contributed by atoms with van der Waals surface area (Å²) in [5.41, 5.74) is 10.8. The molecule has 0 aliphatic carbocycles. The summed E-state index contributed by atoms with van der Waals surface area (Å²) in [5.74, 6) is 1.86. The van der Waals surface area contributed by atoms with E-state index in [0.29, 0.717) is 17.5 Å². The van der Waals surface area contributed by atoms with E-state index in [1.165, 1.54) is 0 Å². The number of para-hydroxylation sites is 1. The van der Waals surface area contributed by atoms with E-state index in [9.17, 15) is 0 Å². The zero-order valence-electron chi connectivity index (χ0n) is 26.7. The quantitative estimate of drug-likeness (QED) is 0.187. The molecule has 0 fully saturated rings. The number of furan rings is 2. The number of hydrogen-bond acceptors (Lipinski definition) is 5. The van der Waals surface area contributed by atoms with Crippen molar-refractivity contribution in [3.8, 4) is 56.4 Å². The molecular weight excluding hydrogens is 615 g/mol. The van der Waals surface area contributed by atoms with Gasteiger partial charge >= 0.3 is 0 Å². The van der Waals surface area contributed by atoms with Crippen molar-refractivity contribution in [3.05, 3.63) is 164 Å². The highest BCUT2D eigenvalue weighted by atomic mass is 16.3. The minimum atomic E-state index is 0.598. The van der Waals surface area contributed by atoms with Gasteiger partial charge in [0.2, 0.25) is 0 Å². The van der Waals surface area contributed by atoms with E-state index >= 15 is 0 Å². The number of rotatable bonds is 5. The number of hydrogen-bond donors (Lipinski definition) is 0. The first-order valence-corrected chi connectivity index (χ1v) is 16.6. The van der Waals surface area contributed by atoms with Crippen LogP contribution in [-0.4, -0.2) is 15.0 Å². The van der Waals surface area contributed by atoms with Crippen molar-refractivity contribution in [2.75, 3.05) is 0 Å². The topological polar surface area (TPSA) is 65.0 Å². The van der Waals surface area contributed by atoms with E-state index in [1.54, 1.807) is 0 Å². The molecule has 0 N–H and O–H groups in total. The number of benzene rings is 7. The molecule has 5 heteroatoms. The molecule has 0 saturated heterocycles. The second-order valence-electron chi connectivity index (χ2n) is 12.4. The Morgan fingerprint density at radius 3 is 1.26 bits per heavy atom. The largest absolute Gasteiger partial charge is 0.456 e. The van der Waals surface area contributed by atoms with Gasteiger partial charge in [0, 0.05) is 38.2 Å². The van der Waals surface area contributed by atoms with Gasteiger partial charge in [0.05, 0.1) is 0 Å². The summed E-state index contributed by atoms with van der Waals surface area (Å²) in [4.78, 5) is 14.6. The van der Waals surface area contributed by atoms with Crippen LogP contribution in [-0.2, 0) is 0 Å². The minimum Gasteiger partial charge on any atom is -0.456 e. The normalized spacial score (nSPS) is 11.6. The van der Waals surface area contributed by atoms with Gasteiger partial charge in [-0.05, 0) is 64.7 Å². The van der Waals surface area contributed by atoms with Crippen molar-refractivity contribution in [2.45, 2.75) is 0 Å². The van der Waals surface area contributed by atoms with Crippen LogP contribution in [0.5, 0.6) is 0 Å². The average molecular weight is 642 g/mol. The lowest BCUT2D eigenvalue weighted by Crippen LogP contribution is -2.00. The Labute approximate surface area is 287 Å². The van der Waals surface area contributed by atoms with Gasteiger partial charge in [-0.15, -0.1) is 0 Å². The van der Waals surface area contributed by atoms with Crippen molar-refractivity contribution in [2.24, 2.45) is 0 Å². The summed E-state index contributed by atoms with van der Waals surface area (Å²) in [6, 6.07) is 55.9. The molecule has 0 spiro atoms. The van der Waals surface area contributed by atoms with Gasteiger partial charge < -0.3 is 8.83 Å². The highest BCUT2D eigenvalue weighted by Crippen LogP contribution is 2.37. The molecule has 0 saturated carbocycles. The Morgan fingerprint density at radius 2 is 0.680 bits per heavy atom. The SMILES string of the molecule is c1ccc(-c2nc(-c3ccccc3)nc(-c3ccc4c(c3)oc3ccc(-c5ccc(-c6ccc7oc8ccccc8c7c6)cc5)cc34)n2)cc1. The molecule has 10 aromatic rings. The molecule has 0 aliphatic heterocycles. The molecule has 0 unspecified atom stereocenters. The van der Waals surface area contributed by atoms with Crippen LogP contribution < -0.4 is 0 Å². The van der Waals surface area contributed by atoms with Crippen molar-refractivity contribution in [1.29, 1.82) is 0 Å². The number of aromatic nitrogens is 3. The summed E-state index contributed by atoms with van der Waals surface area (Å²) < 4.78 is 12.4. The van der Waals surface area contributed by atoms with Crippen LogP contribution in [0.3, 0.4) is 0 Å². The van der Waals surface area contributed by atoms with E-state index in [2.05, 4.69) is 84.9 Å². The van der Waals surface area contributed by atoms with E-state index in [-0.39, 0.29) is 0 Å². The molecule has 0 amide bonds. The standard InChI is InChI=1S/C45H27N3O2/c1-3-9-30(10-4-1)43-46-44(31-11-5-2-6-12-31)48-45(47-43)34-19-22-36-38-26-33(21-24-41(38)50-42(36)27-34)29-17-15-28(16-18-29)32-20-23-40-37(25-32)35-13-7-8-14-39(35)49-40/h1-27H. The zero-order chi connectivity index (χ0) is 33.0. The van der Waals surface area contributed by atoms with Gasteiger partial charge in [0.1, 0.15) is 22.3 Å². The summed E-state index contributed by atoms with van der Waals surface area (Å²) in [6.45, 7) is 0. The lowest BCUT2D eigenvalue weighted by Gasteiger charge is -2.08. The summed E-state index contributed by atoms with van der Waals surface area (Å²) >= 11 is 0. The second-order valence-corrected chi connectivity index (χ2v) is 12.4. The van der Waals surface area contributed by atoms with Crippen LogP contribution >= 0.6 is 0 Å². The first-order chi connectivity index (χ1) is 24.7. The molecule has 3 heterocycles. The molecule has 5 nitrogen and oxygen atoms in total. The Bertz CT molecular complexity index is 2800. The average Bonchev–Trinajstić information content (AvgIpc) is 3.75. The highest BCUT2D eigenvalue weighted by molar-refractivity contribution is 6.08. The number of nitrogens with zero attached hydrogens (tertiary/aromatic N) is 3. The third kappa shape index (κ3) is 4.83. The predicted molar refractivity (Wildman–Crippen MR) is 202 cm³/mol. The lowest BCUT2D eigenvalue weighted by molar-refractivity contribution is 0.668. The van der Waals surface area contributed by atoms with Crippen molar-refractivity contribution in [3.63, 3.8) is 0 Å². The van der Waals surface area contributed by atoms with E-state index < -0.39 is 0 Å². The van der Waals surface area contributed by atoms with E-state index in [1.807, 2.05) is 78.9 Å². The Hall–Kier alpha value is -6.85. The van der Waals surface area contributed by atoms with Crippen molar-refractivity contribution < 1.29 is 8.83 Å². The fraction of sp³-hybridized carbons (Fsp3) is 0. The highest BCUT2D eigenvalue weighted by Gasteiger charge is 2.15. The van der Waals surface area contributed by atoms with Crippen LogP contribution in [0.1, 0.15) is 0 Å². The molecule has 7 aromatic carbocycles. The minimum absolute atomic E-state index is 0.598. The molecule has 3 aromatic heterocycles. The van der Waals surface area contributed by atoms with Gasteiger partial charge in [0.25, 0.3) is 0 Å². The van der Waals surface area contributed by atoms with Crippen LogP contribution in [0.4, 0.5) is 0 Å². The van der Waals surface area contributed by atoms with Crippen LogP contribution in [0.2, 0.25) is 0 Å². The maximum Gasteiger partial charge on any atom is 0.164 e. The molecule has 0 atom stereocenters. The first-order valence-electron chi connectivity index (χ1n) is 16.6. The van der Waals surface area contributed by atoms with Gasteiger partial charge in [-0.25, -0.2) is 15.0 Å². The molecule has 234 valence electrons. The molecule has 10 rings (SSSR count). The Morgan fingerprint density at radius 1 is 0.260 bits per heavy atom. The van der Waals surface area contributed by atoms with Crippen LogP contribution in [0.15, 0.2) is 173 Å².